The predicted molar refractivity (Wildman–Crippen MR) is 65.4 cm³/mol. The molecule has 0 heterocycles. The van der Waals surface area contributed by atoms with E-state index in [0.29, 0.717) is 5.69 Å². The highest BCUT2D eigenvalue weighted by molar-refractivity contribution is 5.61. The third-order valence-corrected chi connectivity index (χ3v) is 2.30. The first-order valence-electron chi connectivity index (χ1n) is 5.47. The molecule has 1 aromatic rings. The number of nitrogens with two attached hydrogens (primary N) is 1. The van der Waals surface area contributed by atoms with Crippen molar-refractivity contribution in [3.63, 3.8) is 0 Å². The third-order valence-electron chi connectivity index (χ3n) is 2.30. The standard InChI is InChI=1S/C12H20N2O/c1-4-9(3)15-12-8-10(14-5-2)6-7-11(12)13/h6-9,14H,4-5,13H2,1-3H3. The minimum absolute atomic E-state index is 0.198. The Morgan fingerprint density at radius 2 is 2.13 bits per heavy atom. The molecule has 84 valence electrons. The van der Waals surface area contributed by atoms with Gasteiger partial charge in [0.05, 0.1) is 11.8 Å². The first-order valence-corrected chi connectivity index (χ1v) is 5.47. The second-order valence-electron chi connectivity index (χ2n) is 3.62. The lowest BCUT2D eigenvalue weighted by Gasteiger charge is -2.15. The van der Waals surface area contributed by atoms with Crippen molar-refractivity contribution in [1.29, 1.82) is 0 Å². The van der Waals surface area contributed by atoms with E-state index >= 15 is 0 Å². The minimum Gasteiger partial charge on any atom is -0.488 e. The molecule has 1 unspecified atom stereocenters. The van der Waals surface area contributed by atoms with Gasteiger partial charge in [-0.25, -0.2) is 0 Å². The fourth-order valence-electron chi connectivity index (χ4n) is 1.25. The van der Waals surface area contributed by atoms with Crippen LogP contribution >= 0.6 is 0 Å². The molecule has 1 rings (SSSR count). The van der Waals surface area contributed by atoms with Crippen molar-refractivity contribution in [1.82, 2.24) is 0 Å². The Hall–Kier alpha value is -1.38. The van der Waals surface area contributed by atoms with Crippen molar-refractivity contribution in [2.75, 3.05) is 17.6 Å². The monoisotopic (exact) mass is 208 g/mol. The van der Waals surface area contributed by atoms with Crippen molar-refractivity contribution in [3.8, 4) is 5.75 Å². The molecule has 0 saturated carbocycles. The normalized spacial score (nSPS) is 12.2. The summed E-state index contributed by atoms with van der Waals surface area (Å²) in [7, 11) is 0. The maximum atomic E-state index is 5.84. The van der Waals surface area contributed by atoms with Crippen LogP contribution in [0.2, 0.25) is 0 Å². The number of hydrogen-bond acceptors (Lipinski definition) is 3. The van der Waals surface area contributed by atoms with Gasteiger partial charge in [-0.15, -0.1) is 0 Å². The van der Waals surface area contributed by atoms with Gasteiger partial charge < -0.3 is 15.8 Å². The zero-order valence-corrected chi connectivity index (χ0v) is 9.71. The molecule has 0 aliphatic rings. The van der Waals surface area contributed by atoms with Crippen LogP contribution < -0.4 is 15.8 Å². The first-order chi connectivity index (χ1) is 7.17. The lowest BCUT2D eigenvalue weighted by molar-refractivity contribution is 0.219. The lowest BCUT2D eigenvalue weighted by atomic mass is 10.2. The van der Waals surface area contributed by atoms with Gasteiger partial charge in [0.25, 0.3) is 0 Å². The summed E-state index contributed by atoms with van der Waals surface area (Å²) < 4.78 is 5.72. The summed E-state index contributed by atoms with van der Waals surface area (Å²) in [5.41, 5.74) is 7.57. The van der Waals surface area contributed by atoms with Crippen molar-refractivity contribution in [2.24, 2.45) is 0 Å². The quantitative estimate of drug-likeness (QED) is 0.731. The van der Waals surface area contributed by atoms with Crippen LogP contribution in [0, 0.1) is 0 Å². The molecule has 0 saturated heterocycles. The van der Waals surface area contributed by atoms with Crippen molar-refractivity contribution in [2.45, 2.75) is 33.3 Å². The topological polar surface area (TPSA) is 47.3 Å². The van der Waals surface area contributed by atoms with Gasteiger partial charge in [0, 0.05) is 18.3 Å². The van der Waals surface area contributed by atoms with E-state index < -0.39 is 0 Å². The van der Waals surface area contributed by atoms with Crippen LogP contribution in [0.3, 0.4) is 0 Å². The summed E-state index contributed by atoms with van der Waals surface area (Å²) >= 11 is 0. The Kier molecular flexibility index (Phi) is 4.28. The summed E-state index contributed by atoms with van der Waals surface area (Å²) in [4.78, 5) is 0. The van der Waals surface area contributed by atoms with Crippen LogP contribution in [0.15, 0.2) is 18.2 Å². The van der Waals surface area contributed by atoms with Crippen LogP contribution in [-0.2, 0) is 0 Å². The van der Waals surface area contributed by atoms with E-state index in [9.17, 15) is 0 Å². The second-order valence-corrected chi connectivity index (χ2v) is 3.62. The fraction of sp³-hybridized carbons (Fsp3) is 0.500. The molecule has 1 aromatic carbocycles. The molecule has 0 bridgehead atoms. The van der Waals surface area contributed by atoms with E-state index in [0.717, 1.165) is 24.4 Å². The molecule has 0 spiro atoms. The average Bonchev–Trinajstić information content (AvgIpc) is 2.23. The molecular formula is C12H20N2O. The average molecular weight is 208 g/mol. The van der Waals surface area contributed by atoms with Gasteiger partial charge in [-0.1, -0.05) is 6.92 Å². The summed E-state index contributed by atoms with van der Waals surface area (Å²) in [6.45, 7) is 7.09. The molecule has 0 aliphatic heterocycles. The molecule has 0 amide bonds. The van der Waals surface area contributed by atoms with Crippen LogP contribution in [0.1, 0.15) is 27.2 Å². The second kappa shape index (κ2) is 5.49. The van der Waals surface area contributed by atoms with Crippen LogP contribution in [-0.4, -0.2) is 12.6 Å². The Balaban J connectivity index is 2.80. The Bertz CT molecular complexity index is 312. The SMILES string of the molecule is CCNc1ccc(N)c(OC(C)CC)c1. The Morgan fingerprint density at radius 1 is 1.40 bits per heavy atom. The summed E-state index contributed by atoms with van der Waals surface area (Å²) in [5, 5.41) is 3.23. The maximum Gasteiger partial charge on any atom is 0.144 e. The van der Waals surface area contributed by atoms with Gasteiger partial charge in [-0.3, -0.25) is 0 Å². The van der Waals surface area contributed by atoms with Crippen LogP contribution in [0.25, 0.3) is 0 Å². The number of nitrogen functional groups attached to an aromatic ring is 1. The van der Waals surface area contributed by atoms with E-state index in [4.69, 9.17) is 10.5 Å². The molecule has 0 radical (unpaired) electrons. The zero-order valence-electron chi connectivity index (χ0n) is 9.71. The lowest BCUT2D eigenvalue weighted by Crippen LogP contribution is -2.11. The Labute approximate surface area is 91.6 Å². The summed E-state index contributed by atoms with van der Waals surface area (Å²) in [5.74, 6) is 0.766. The van der Waals surface area contributed by atoms with Crippen LogP contribution in [0.5, 0.6) is 5.75 Å². The molecule has 15 heavy (non-hydrogen) atoms. The molecule has 0 fully saturated rings. The van der Waals surface area contributed by atoms with E-state index in [1.165, 1.54) is 0 Å². The van der Waals surface area contributed by atoms with Gasteiger partial charge in [0.1, 0.15) is 5.75 Å². The molecule has 0 aromatic heterocycles. The molecular weight excluding hydrogens is 188 g/mol. The highest BCUT2D eigenvalue weighted by Gasteiger charge is 2.05. The number of hydrogen-bond donors (Lipinski definition) is 2. The third kappa shape index (κ3) is 3.35. The van der Waals surface area contributed by atoms with E-state index in [-0.39, 0.29) is 6.10 Å². The molecule has 0 aliphatic carbocycles. The number of benzene rings is 1. The maximum absolute atomic E-state index is 5.84. The van der Waals surface area contributed by atoms with Gasteiger partial charge >= 0.3 is 0 Å². The fourth-order valence-corrected chi connectivity index (χ4v) is 1.25. The minimum atomic E-state index is 0.198. The van der Waals surface area contributed by atoms with Crippen LogP contribution in [0.4, 0.5) is 11.4 Å². The van der Waals surface area contributed by atoms with Crippen molar-refractivity contribution in [3.05, 3.63) is 18.2 Å². The highest BCUT2D eigenvalue weighted by Crippen LogP contribution is 2.26. The predicted octanol–water partition coefficient (Wildman–Crippen LogP) is 2.88. The van der Waals surface area contributed by atoms with Gasteiger partial charge in [-0.05, 0) is 32.4 Å². The number of anilines is 2. The molecule has 1 atom stereocenters. The van der Waals surface area contributed by atoms with Crippen molar-refractivity contribution < 1.29 is 4.74 Å². The number of nitrogens with one attached hydrogen (secondary N) is 1. The Morgan fingerprint density at radius 3 is 2.73 bits per heavy atom. The summed E-state index contributed by atoms with van der Waals surface area (Å²) in [6, 6.07) is 5.78. The first kappa shape index (κ1) is 11.7. The number of ether oxygens (including phenoxy) is 1. The molecule has 3 N–H and O–H groups in total. The smallest absolute Gasteiger partial charge is 0.144 e. The zero-order chi connectivity index (χ0) is 11.3. The number of rotatable bonds is 5. The largest absolute Gasteiger partial charge is 0.488 e. The van der Waals surface area contributed by atoms with E-state index in [2.05, 4.69) is 19.2 Å². The van der Waals surface area contributed by atoms with Crippen molar-refractivity contribution >= 4 is 11.4 Å². The van der Waals surface area contributed by atoms with Gasteiger partial charge in [0.15, 0.2) is 0 Å². The van der Waals surface area contributed by atoms with Gasteiger partial charge in [0.2, 0.25) is 0 Å². The van der Waals surface area contributed by atoms with E-state index in [1.807, 2.05) is 25.1 Å². The van der Waals surface area contributed by atoms with Gasteiger partial charge in [-0.2, -0.15) is 0 Å². The highest BCUT2D eigenvalue weighted by atomic mass is 16.5. The molecule has 3 heteroatoms. The van der Waals surface area contributed by atoms with E-state index in [1.54, 1.807) is 0 Å². The summed E-state index contributed by atoms with van der Waals surface area (Å²) in [6.07, 6.45) is 1.18. The molecule has 3 nitrogen and oxygen atoms in total.